The van der Waals surface area contributed by atoms with E-state index in [-0.39, 0.29) is 0 Å². The smallest absolute Gasteiger partial charge is 0.135 e. The molecule has 0 radical (unpaired) electrons. The van der Waals surface area contributed by atoms with Gasteiger partial charge in [-0.25, -0.2) is 9.97 Å². The Bertz CT molecular complexity index is 541. The van der Waals surface area contributed by atoms with Gasteiger partial charge in [0.2, 0.25) is 0 Å². The molecule has 2 aromatic heterocycles. The lowest BCUT2D eigenvalue weighted by atomic mass is 10.2. The quantitative estimate of drug-likeness (QED) is 0.836. The second kappa shape index (κ2) is 6.86. The standard InChI is InChI=1S/C13H17BrN4S/c1-3-10-12(15-4-2)17-8-18-13(10)16-7-9-5-6-11(14)19-9/h5-6,8H,3-4,7H2,1-2H3,(H2,15,16,17,18). The van der Waals surface area contributed by atoms with Crippen LogP contribution >= 0.6 is 27.3 Å². The van der Waals surface area contributed by atoms with E-state index in [0.717, 1.165) is 40.5 Å². The molecular formula is C13H17BrN4S. The Morgan fingerprint density at radius 1 is 1.16 bits per heavy atom. The second-order valence-corrected chi connectivity index (χ2v) is 6.54. The van der Waals surface area contributed by atoms with Crippen LogP contribution in [0.25, 0.3) is 0 Å². The Kier molecular flexibility index (Phi) is 5.15. The van der Waals surface area contributed by atoms with Crippen molar-refractivity contribution in [3.05, 3.63) is 32.7 Å². The van der Waals surface area contributed by atoms with Crippen LogP contribution in [0.1, 0.15) is 24.3 Å². The van der Waals surface area contributed by atoms with Gasteiger partial charge in [-0.1, -0.05) is 6.92 Å². The van der Waals surface area contributed by atoms with Crippen molar-refractivity contribution in [1.29, 1.82) is 0 Å². The fraction of sp³-hybridized carbons (Fsp3) is 0.385. The van der Waals surface area contributed by atoms with Gasteiger partial charge in [-0.05, 0) is 41.4 Å². The number of anilines is 2. The summed E-state index contributed by atoms with van der Waals surface area (Å²) in [6, 6.07) is 4.17. The molecule has 0 aliphatic heterocycles. The molecule has 0 aliphatic rings. The van der Waals surface area contributed by atoms with Crippen LogP contribution in [0.5, 0.6) is 0 Å². The van der Waals surface area contributed by atoms with Crippen molar-refractivity contribution in [2.75, 3.05) is 17.2 Å². The molecule has 19 heavy (non-hydrogen) atoms. The van der Waals surface area contributed by atoms with Gasteiger partial charge in [0.1, 0.15) is 18.0 Å². The number of nitrogens with zero attached hydrogens (tertiary/aromatic N) is 2. The molecule has 2 rings (SSSR count). The Morgan fingerprint density at radius 3 is 2.47 bits per heavy atom. The summed E-state index contributed by atoms with van der Waals surface area (Å²) in [5.74, 6) is 1.84. The van der Waals surface area contributed by atoms with E-state index in [1.54, 1.807) is 17.7 Å². The van der Waals surface area contributed by atoms with Gasteiger partial charge in [0.05, 0.1) is 10.3 Å². The zero-order valence-corrected chi connectivity index (χ0v) is 13.4. The molecule has 0 amide bonds. The Labute approximate surface area is 125 Å². The first kappa shape index (κ1) is 14.3. The normalized spacial score (nSPS) is 10.5. The average molecular weight is 341 g/mol. The Morgan fingerprint density at radius 2 is 1.89 bits per heavy atom. The predicted molar refractivity (Wildman–Crippen MR) is 84.9 cm³/mol. The number of rotatable bonds is 6. The molecule has 0 spiro atoms. The van der Waals surface area contributed by atoms with E-state index in [0.29, 0.717) is 0 Å². The van der Waals surface area contributed by atoms with Crippen molar-refractivity contribution in [2.45, 2.75) is 26.8 Å². The minimum absolute atomic E-state index is 0.784. The summed E-state index contributed by atoms with van der Waals surface area (Å²) in [6.07, 6.45) is 2.50. The Hall–Kier alpha value is -1.14. The summed E-state index contributed by atoms with van der Waals surface area (Å²) in [7, 11) is 0. The van der Waals surface area contributed by atoms with Crippen LogP contribution in [0.15, 0.2) is 22.2 Å². The van der Waals surface area contributed by atoms with Crippen LogP contribution < -0.4 is 10.6 Å². The van der Waals surface area contributed by atoms with Crippen LogP contribution in [-0.2, 0) is 13.0 Å². The first-order chi connectivity index (χ1) is 9.24. The van der Waals surface area contributed by atoms with Crippen LogP contribution in [0.4, 0.5) is 11.6 Å². The van der Waals surface area contributed by atoms with Gasteiger partial charge >= 0.3 is 0 Å². The monoisotopic (exact) mass is 340 g/mol. The highest BCUT2D eigenvalue weighted by atomic mass is 79.9. The zero-order chi connectivity index (χ0) is 13.7. The van der Waals surface area contributed by atoms with Crippen molar-refractivity contribution >= 4 is 38.9 Å². The number of nitrogens with one attached hydrogen (secondary N) is 2. The molecule has 102 valence electrons. The van der Waals surface area contributed by atoms with Crippen molar-refractivity contribution in [3.8, 4) is 0 Å². The van der Waals surface area contributed by atoms with Crippen molar-refractivity contribution < 1.29 is 0 Å². The lowest BCUT2D eigenvalue weighted by Gasteiger charge is -2.13. The number of thiophene rings is 1. The first-order valence-electron chi connectivity index (χ1n) is 6.30. The summed E-state index contributed by atoms with van der Waals surface area (Å²) >= 11 is 5.20. The predicted octanol–water partition coefficient (Wildman–Crippen LogP) is 3.91. The molecule has 0 saturated carbocycles. The maximum Gasteiger partial charge on any atom is 0.135 e. The summed E-state index contributed by atoms with van der Waals surface area (Å²) in [6.45, 7) is 5.83. The molecule has 0 atom stereocenters. The number of halogens is 1. The maximum absolute atomic E-state index is 4.34. The third-order valence-corrected chi connectivity index (χ3v) is 4.33. The van der Waals surface area contributed by atoms with E-state index >= 15 is 0 Å². The molecule has 0 bridgehead atoms. The largest absolute Gasteiger partial charge is 0.370 e. The average Bonchev–Trinajstić information content (AvgIpc) is 2.83. The highest BCUT2D eigenvalue weighted by molar-refractivity contribution is 9.11. The minimum atomic E-state index is 0.784. The molecule has 2 heterocycles. The van der Waals surface area contributed by atoms with E-state index in [1.165, 1.54) is 4.88 Å². The number of hydrogen-bond acceptors (Lipinski definition) is 5. The van der Waals surface area contributed by atoms with Gasteiger partial charge in [0.15, 0.2) is 0 Å². The van der Waals surface area contributed by atoms with E-state index < -0.39 is 0 Å². The summed E-state index contributed by atoms with van der Waals surface area (Å²) in [5, 5.41) is 6.66. The van der Waals surface area contributed by atoms with Crippen molar-refractivity contribution in [3.63, 3.8) is 0 Å². The van der Waals surface area contributed by atoms with Crippen LogP contribution in [0.2, 0.25) is 0 Å². The SMILES string of the molecule is CCNc1ncnc(NCc2ccc(Br)s2)c1CC. The van der Waals surface area contributed by atoms with Crippen LogP contribution in [0.3, 0.4) is 0 Å². The molecule has 6 heteroatoms. The van der Waals surface area contributed by atoms with Gasteiger partial charge < -0.3 is 10.6 Å². The van der Waals surface area contributed by atoms with Crippen molar-refractivity contribution in [1.82, 2.24) is 9.97 Å². The first-order valence-corrected chi connectivity index (χ1v) is 7.91. The summed E-state index contributed by atoms with van der Waals surface area (Å²) in [4.78, 5) is 9.91. The molecule has 0 aromatic carbocycles. The topological polar surface area (TPSA) is 49.8 Å². The van der Waals surface area contributed by atoms with Crippen LogP contribution in [0, 0.1) is 0 Å². The lowest BCUT2D eigenvalue weighted by Crippen LogP contribution is -2.09. The molecular weight excluding hydrogens is 324 g/mol. The third kappa shape index (κ3) is 3.67. The molecule has 2 aromatic rings. The summed E-state index contributed by atoms with van der Waals surface area (Å²) in [5.41, 5.74) is 1.14. The number of aromatic nitrogens is 2. The highest BCUT2D eigenvalue weighted by Crippen LogP contribution is 2.24. The van der Waals surface area contributed by atoms with Gasteiger partial charge in [-0.15, -0.1) is 11.3 Å². The van der Waals surface area contributed by atoms with Gasteiger partial charge in [-0.2, -0.15) is 0 Å². The number of hydrogen-bond donors (Lipinski definition) is 2. The van der Waals surface area contributed by atoms with E-state index in [2.05, 4.69) is 62.5 Å². The molecule has 0 aliphatic carbocycles. The van der Waals surface area contributed by atoms with Gasteiger partial charge in [0.25, 0.3) is 0 Å². The van der Waals surface area contributed by atoms with Crippen molar-refractivity contribution in [2.24, 2.45) is 0 Å². The second-order valence-electron chi connectivity index (χ2n) is 3.99. The van der Waals surface area contributed by atoms with Gasteiger partial charge in [-0.3, -0.25) is 0 Å². The fourth-order valence-electron chi connectivity index (χ4n) is 1.84. The van der Waals surface area contributed by atoms with Gasteiger partial charge in [0, 0.05) is 17.0 Å². The third-order valence-electron chi connectivity index (χ3n) is 2.70. The fourth-order valence-corrected chi connectivity index (χ4v) is 3.26. The van der Waals surface area contributed by atoms with Crippen LogP contribution in [-0.4, -0.2) is 16.5 Å². The highest BCUT2D eigenvalue weighted by Gasteiger charge is 2.09. The zero-order valence-electron chi connectivity index (χ0n) is 11.0. The minimum Gasteiger partial charge on any atom is -0.370 e. The molecule has 4 nitrogen and oxygen atoms in total. The summed E-state index contributed by atoms with van der Waals surface area (Å²) < 4.78 is 1.15. The lowest BCUT2D eigenvalue weighted by molar-refractivity contribution is 1.00. The van der Waals surface area contributed by atoms with E-state index in [1.807, 2.05) is 0 Å². The molecule has 0 unspecified atom stereocenters. The molecule has 2 N–H and O–H groups in total. The molecule has 0 saturated heterocycles. The Balaban J connectivity index is 2.13. The maximum atomic E-state index is 4.34. The van der Waals surface area contributed by atoms with E-state index in [9.17, 15) is 0 Å². The molecule has 0 fully saturated rings. The van der Waals surface area contributed by atoms with E-state index in [4.69, 9.17) is 0 Å².